The second kappa shape index (κ2) is 7.46. The van der Waals surface area contributed by atoms with E-state index in [-0.39, 0.29) is 34.7 Å². The molecule has 9 atom stereocenters. The molecule has 0 bridgehead atoms. The zero-order chi connectivity index (χ0) is 25.8. The number of fused-ring (bicyclic) bond motifs is 7. The molecule has 5 aliphatic carbocycles. The Hall–Kier alpha value is -1.62. The van der Waals surface area contributed by atoms with Gasteiger partial charge in [-0.2, -0.15) is 0 Å². The Morgan fingerprint density at radius 2 is 1.63 bits per heavy atom. The molecular weight excluding hydrogens is 440 g/mol. The van der Waals surface area contributed by atoms with Crippen LogP contribution in [-0.4, -0.2) is 33.4 Å². The van der Waals surface area contributed by atoms with Crippen LogP contribution in [0.5, 0.6) is 0 Å². The van der Waals surface area contributed by atoms with Gasteiger partial charge < -0.3 is 15.3 Å². The van der Waals surface area contributed by atoms with Crippen LogP contribution in [0.2, 0.25) is 0 Å². The fraction of sp³-hybridized carbons (Fsp3) is 0.800. The van der Waals surface area contributed by atoms with Crippen LogP contribution in [-0.2, 0) is 9.59 Å². The summed E-state index contributed by atoms with van der Waals surface area (Å²) in [6, 6.07) is 0. The van der Waals surface area contributed by atoms with Crippen molar-refractivity contribution in [3.63, 3.8) is 0 Å². The first-order valence-electron chi connectivity index (χ1n) is 13.7. The predicted molar refractivity (Wildman–Crippen MR) is 135 cm³/mol. The lowest BCUT2D eigenvalue weighted by Gasteiger charge is -2.70. The van der Waals surface area contributed by atoms with Gasteiger partial charge in [0.05, 0.1) is 16.9 Å². The number of aliphatic carboxylic acids is 2. The highest BCUT2D eigenvalue weighted by Gasteiger charge is 2.73. The summed E-state index contributed by atoms with van der Waals surface area (Å²) in [6.45, 7) is 15.3. The van der Waals surface area contributed by atoms with Gasteiger partial charge in [-0.15, -0.1) is 0 Å². The normalized spacial score (nSPS) is 50.6. The standard InChI is InChI=1S/C30H44O5/c1-17-9-14-29(24(32)33)15-16-30(25(34)35)19(23(29)18(17)2)7-8-21-27(5)12-11-22(31)26(3,4)20(27)10-13-28(21,30)6/h7,18,20-23,31H,1,8-16H2,2-6H3,(H,32,33)(H,34,35)/t18-,20?,21+,22-,23-,27-,28+,29-,30+/m0/s1. The van der Waals surface area contributed by atoms with Gasteiger partial charge in [-0.05, 0) is 91.8 Å². The molecule has 0 saturated heterocycles. The molecule has 0 spiro atoms. The van der Waals surface area contributed by atoms with Gasteiger partial charge in [0.15, 0.2) is 0 Å². The summed E-state index contributed by atoms with van der Waals surface area (Å²) in [4.78, 5) is 26.3. The van der Waals surface area contributed by atoms with E-state index in [4.69, 9.17) is 0 Å². The summed E-state index contributed by atoms with van der Waals surface area (Å²) < 4.78 is 0. The average Bonchev–Trinajstić information content (AvgIpc) is 2.78. The highest BCUT2D eigenvalue weighted by molar-refractivity contribution is 5.84. The molecule has 3 N–H and O–H groups in total. The van der Waals surface area contributed by atoms with Crippen molar-refractivity contribution in [3.05, 3.63) is 23.8 Å². The Balaban J connectivity index is 1.69. The number of aliphatic hydroxyl groups is 1. The fourth-order valence-electron chi connectivity index (χ4n) is 10.7. The van der Waals surface area contributed by atoms with Crippen LogP contribution in [0.15, 0.2) is 23.8 Å². The maximum Gasteiger partial charge on any atom is 0.314 e. The Labute approximate surface area is 210 Å². The molecule has 5 rings (SSSR count). The third-order valence-electron chi connectivity index (χ3n) is 12.8. The first kappa shape index (κ1) is 25.0. The van der Waals surface area contributed by atoms with Crippen molar-refractivity contribution in [2.75, 3.05) is 0 Å². The van der Waals surface area contributed by atoms with E-state index in [0.717, 1.165) is 43.3 Å². The molecule has 4 saturated carbocycles. The van der Waals surface area contributed by atoms with Crippen molar-refractivity contribution in [2.45, 2.75) is 98.5 Å². The molecule has 0 amide bonds. The summed E-state index contributed by atoms with van der Waals surface area (Å²) in [6.07, 6.45) is 8.11. The zero-order valence-corrected chi connectivity index (χ0v) is 22.2. The summed E-state index contributed by atoms with van der Waals surface area (Å²) >= 11 is 0. The van der Waals surface area contributed by atoms with Crippen LogP contribution in [0.3, 0.4) is 0 Å². The number of rotatable bonds is 2. The molecular formula is C30H44O5. The highest BCUT2D eigenvalue weighted by Crippen LogP contribution is 2.75. The van der Waals surface area contributed by atoms with E-state index >= 15 is 0 Å². The van der Waals surface area contributed by atoms with Crippen molar-refractivity contribution in [1.82, 2.24) is 0 Å². The van der Waals surface area contributed by atoms with Crippen LogP contribution < -0.4 is 0 Å². The van der Waals surface area contributed by atoms with E-state index in [2.05, 4.69) is 47.3 Å². The molecule has 5 nitrogen and oxygen atoms in total. The van der Waals surface area contributed by atoms with E-state index in [9.17, 15) is 24.9 Å². The smallest absolute Gasteiger partial charge is 0.314 e. The monoisotopic (exact) mass is 484 g/mol. The van der Waals surface area contributed by atoms with Crippen molar-refractivity contribution in [1.29, 1.82) is 0 Å². The Morgan fingerprint density at radius 3 is 2.26 bits per heavy atom. The minimum absolute atomic E-state index is 0.0408. The van der Waals surface area contributed by atoms with Gasteiger partial charge in [-0.25, -0.2) is 0 Å². The van der Waals surface area contributed by atoms with Crippen molar-refractivity contribution >= 4 is 11.9 Å². The Kier molecular flexibility index (Phi) is 5.34. The molecule has 5 aliphatic rings. The van der Waals surface area contributed by atoms with E-state index < -0.39 is 28.2 Å². The van der Waals surface area contributed by atoms with Gasteiger partial charge in [-0.1, -0.05) is 58.4 Å². The van der Waals surface area contributed by atoms with E-state index in [1.165, 1.54) is 0 Å². The summed E-state index contributed by atoms with van der Waals surface area (Å²) in [5.41, 5.74) is -0.691. The van der Waals surface area contributed by atoms with Gasteiger partial charge in [0.2, 0.25) is 0 Å². The first-order chi connectivity index (χ1) is 16.2. The van der Waals surface area contributed by atoms with Crippen molar-refractivity contribution < 1.29 is 24.9 Å². The molecule has 5 heteroatoms. The number of carbonyl (C=O) groups is 2. The summed E-state index contributed by atoms with van der Waals surface area (Å²) in [5, 5.41) is 32.4. The molecule has 4 fully saturated rings. The molecule has 0 heterocycles. The molecule has 35 heavy (non-hydrogen) atoms. The molecule has 0 aromatic rings. The van der Waals surface area contributed by atoms with E-state index in [1.807, 2.05) is 0 Å². The predicted octanol–water partition coefficient (Wildman–Crippen LogP) is 6.07. The largest absolute Gasteiger partial charge is 0.481 e. The number of allylic oxidation sites excluding steroid dienone is 2. The molecule has 0 aromatic carbocycles. The van der Waals surface area contributed by atoms with Crippen LogP contribution in [0.4, 0.5) is 0 Å². The van der Waals surface area contributed by atoms with Crippen LogP contribution in [0, 0.1) is 50.7 Å². The number of hydrogen-bond acceptors (Lipinski definition) is 3. The molecule has 0 radical (unpaired) electrons. The van der Waals surface area contributed by atoms with Gasteiger partial charge in [0.25, 0.3) is 0 Å². The fourth-order valence-corrected chi connectivity index (χ4v) is 10.7. The maximum absolute atomic E-state index is 13.5. The van der Waals surface area contributed by atoms with E-state index in [0.29, 0.717) is 31.6 Å². The number of carboxylic acid groups (broad SMARTS) is 2. The molecule has 1 unspecified atom stereocenters. The number of carboxylic acids is 2. The van der Waals surface area contributed by atoms with Crippen molar-refractivity contribution in [3.8, 4) is 0 Å². The topological polar surface area (TPSA) is 94.8 Å². The second-order valence-corrected chi connectivity index (χ2v) is 13.9. The number of hydrogen-bond donors (Lipinski definition) is 3. The Morgan fingerprint density at radius 1 is 0.943 bits per heavy atom. The third-order valence-corrected chi connectivity index (χ3v) is 12.8. The highest BCUT2D eigenvalue weighted by atomic mass is 16.4. The van der Waals surface area contributed by atoms with Gasteiger partial charge in [0, 0.05) is 5.92 Å². The van der Waals surface area contributed by atoms with Gasteiger partial charge in [-0.3, -0.25) is 9.59 Å². The maximum atomic E-state index is 13.5. The van der Waals surface area contributed by atoms with E-state index in [1.54, 1.807) is 0 Å². The molecule has 0 aliphatic heterocycles. The SMILES string of the molecule is C=C1CC[C@]2(C(=O)O)CC[C@]3(C(=O)O)C(=CC[C@@H]4[C@@]5(C)CC[C@H](O)C(C)(C)C5CC[C@]43C)[C@@H]2[C@H]1C. The second-order valence-electron chi connectivity index (χ2n) is 13.9. The van der Waals surface area contributed by atoms with Gasteiger partial charge in [0.1, 0.15) is 0 Å². The van der Waals surface area contributed by atoms with Gasteiger partial charge >= 0.3 is 11.9 Å². The Bertz CT molecular complexity index is 1010. The van der Waals surface area contributed by atoms with Crippen LogP contribution >= 0.6 is 0 Å². The lowest BCUT2D eigenvalue weighted by molar-refractivity contribution is -0.215. The lowest BCUT2D eigenvalue weighted by Crippen LogP contribution is -2.67. The quantitative estimate of drug-likeness (QED) is 0.413. The zero-order valence-electron chi connectivity index (χ0n) is 22.2. The summed E-state index contributed by atoms with van der Waals surface area (Å²) in [5.74, 6) is -1.35. The first-order valence-corrected chi connectivity index (χ1v) is 13.7. The average molecular weight is 485 g/mol. The molecule has 0 aromatic heterocycles. The van der Waals surface area contributed by atoms with Crippen molar-refractivity contribution in [2.24, 2.45) is 50.7 Å². The lowest BCUT2D eigenvalue weighted by atomic mass is 9.33. The van der Waals surface area contributed by atoms with Crippen LogP contribution in [0.25, 0.3) is 0 Å². The minimum Gasteiger partial charge on any atom is -0.481 e. The third kappa shape index (κ3) is 2.80. The number of aliphatic hydroxyl groups excluding tert-OH is 1. The van der Waals surface area contributed by atoms with Crippen LogP contribution in [0.1, 0.15) is 92.4 Å². The molecule has 194 valence electrons. The summed E-state index contributed by atoms with van der Waals surface area (Å²) in [7, 11) is 0. The minimum atomic E-state index is -1.04.